The van der Waals surface area contributed by atoms with E-state index in [-0.39, 0.29) is 12.3 Å². The van der Waals surface area contributed by atoms with Crippen molar-refractivity contribution < 1.29 is 14.5 Å². The van der Waals surface area contributed by atoms with Crippen LogP contribution in [0.1, 0.15) is 12.0 Å². The summed E-state index contributed by atoms with van der Waals surface area (Å²) in [6.07, 6.45) is 1.07. The molecule has 15 heavy (non-hydrogen) atoms. The van der Waals surface area contributed by atoms with E-state index in [2.05, 4.69) is 4.74 Å². The summed E-state index contributed by atoms with van der Waals surface area (Å²) in [6, 6.07) is 6.52. The van der Waals surface area contributed by atoms with Gasteiger partial charge in [0.15, 0.2) is 0 Å². The van der Waals surface area contributed by atoms with Crippen molar-refractivity contribution in [1.82, 2.24) is 0 Å². The molecule has 0 saturated heterocycles. The maximum Gasteiger partial charge on any atom is 0.417 e. The number of aryl methyl sites for hydroxylation is 1. The van der Waals surface area contributed by atoms with Gasteiger partial charge in [-0.2, -0.15) is 0 Å². The minimum absolute atomic E-state index is 0.104. The fraction of sp³-hybridized carbons (Fsp3) is 0.300. The summed E-state index contributed by atoms with van der Waals surface area (Å²) >= 11 is 0. The lowest BCUT2D eigenvalue weighted by Gasteiger charge is -2.01. The van der Waals surface area contributed by atoms with Gasteiger partial charge in [0, 0.05) is 11.6 Å². The second-order valence-corrected chi connectivity index (χ2v) is 2.92. The summed E-state index contributed by atoms with van der Waals surface area (Å²) in [4.78, 5) is 19.9. The van der Waals surface area contributed by atoms with Gasteiger partial charge in [-0.25, -0.2) is 4.79 Å². The van der Waals surface area contributed by atoms with Crippen LogP contribution in [-0.4, -0.2) is 18.0 Å². The number of nitro groups is 1. The number of nitrogens with zero attached hydrogens (tertiary/aromatic N) is 1. The second-order valence-electron chi connectivity index (χ2n) is 2.92. The van der Waals surface area contributed by atoms with Crippen molar-refractivity contribution in [3.8, 4) is 0 Å². The van der Waals surface area contributed by atoms with Gasteiger partial charge in [-0.1, -0.05) is 18.2 Å². The summed E-state index contributed by atoms with van der Waals surface area (Å²) in [5.74, 6) is 0. The second kappa shape index (κ2) is 5.74. The molecule has 0 aliphatic carbocycles. The molecule has 0 fully saturated rings. The molecule has 79 valence electrons. The molecule has 0 N–H and O–H groups in total. The minimum atomic E-state index is -0.415. The van der Waals surface area contributed by atoms with Crippen molar-refractivity contribution in [1.29, 1.82) is 0 Å². The van der Waals surface area contributed by atoms with Crippen molar-refractivity contribution in [3.63, 3.8) is 0 Å². The van der Waals surface area contributed by atoms with E-state index < -0.39 is 4.92 Å². The van der Waals surface area contributed by atoms with Gasteiger partial charge < -0.3 is 4.74 Å². The van der Waals surface area contributed by atoms with Gasteiger partial charge in [0.1, 0.15) is 0 Å². The molecule has 0 aliphatic heterocycles. The Bertz CT molecular complexity index is 351. The largest absolute Gasteiger partial charge is 0.457 e. The number of benzene rings is 1. The molecule has 1 aromatic rings. The summed E-state index contributed by atoms with van der Waals surface area (Å²) in [5.41, 5.74) is 0.754. The third-order valence-corrected chi connectivity index (χ3v) is 1.94. The molecule has 5 heteroatoms. The van der Waals surface area contributed by atoms with Crippen LogP contribution in [0.5, 0.6) is 0 Å². The molecule has 0 amide bonds. The molecule has 0 saturated carbocycles. The number of hydrogen-bond acceptors (Lipinski definition) is 4. The van der Waals surface area contributed by atoms with E-state index in [0.29, 0.717) is 18.4 Å². The predicted octanol–water partition coefficient (Wildman–Crippen LogP) is 1.61. The average molecular weight is 208 g/mol. The lowest BCUT2D eigenvalue weighted by atomic mass is 10.1. The number of para-hydroxylation sites is 1. The molecule has 0 spiro atoms. The van der Waals surface area contributed by atoms with Crippen molar-refractivity contribution in [2.45, 2.75) is 12.8 Å². The molecular formula is C10H10NO4. The quantitative estimate of drug-likeness (QED) is 0.404. The number of carbonyl (C=O) groups excluding carboxylic acids is 1. The summed E-state index contributed by atoms with van der Waals surface area (Å²) in [6.45, 7) is 1.54. The van der Waals surface area contributed by atoms with E-state index in [1.165, 1.54) is 12.5 Å². The molecular weight excluding hydrogens is 198 g/mol. The van der Waals surface area contributed by atoms with Gasteiger partial charge in [0.2, 0.25) is 0 Å². The van der Waals surface area contributed by atoms with Crippen molar-refractivity contribution in [2.24, 2.45) is 0 Å². The maximum absolute atomic E-state index is 10.6. The topological polar surface area (TPSA) is 69.4 Å². The molecule has 0 heterocycles. The number of hydrogen-bond donors (Lipinski definition) is 0. The van der Waals surface area contributed by atoms with Crippen LogP contribution >= 0.6 is 0 Å². The van der Waals surface area contributed by atoms with E-state index in [4.69, 9.17) is 0 Å². The van der Waals surface area contributed by atoms with Crippen LogP contribution < -0.4 is 0 Å². The van der Waals surface area contributed by atoms with Gasteiger partial charge in [0.25, 0.3) is 5.69 Å². The molecule has 0 atom stereocenters. The highest BCUT2D eigenvalue weighted by Crippen LogP contribution is 2.18. The lowest BCUT2D eigenvalue weighted by molar-refractivity contribution is -0.385. The Morgan fingerprint density at radius 3 is 2.80 bits per heavy atom. The van der Waals surface area contributed by atoms with Gasteiger partial charge >= 0.3 is 6.47 Å². The third kappa shape index (κ3) is 3.38. The molecule has 0 unspecified atom stereocenters. The van der Waals surface area contributed by atoms with Crippen molar-refractivity contribution >= 4 is 12.2 Å². The Balaban J connectivity index is 2.59. The Hall–Kier alpha value is -1.91. The Morgan fingerprint density at radius 1 is 1.40 bits per heavy atom. The van der Waals surface area contributed by atoms with Crippen LogP contribution in [0.15, 0.2) is 24.3 Å². The normalized spacial score (nSPS) is 9.60. The van der Waals surface area contributed by atoms with Gasteiger partial charge in [-0.3, -0.25) is 10.1 Å². The molecule has 0 bridgehead atoms. The first-order chi connectivity index (χ1) is 7.25. The number of nitro benzene ring substituents is 1. The first kappa shape index (κ1) is 11.2. The highest BCUT2D eigenvalue weighted by atomic mass is 16.6. The molecule has 1 radical (unpaired) electrons. The minimum Gasteiger partial charge on any atom is -0.457 e. The molecule has 5 nitrogen and oxygen atoms in total. The first-order valence-corrected chi connectivity index (χ1v) is 4.47. The summed E-state index contributed by atoms with van der Waals surface area (Å²) in [5, 5.41) is 10.6. The average Bonchev–Trinajstić information content (AvgIpc) is 2.25. The number of rotatable bonds is 6. The van der Waals surface area contributed by atoms with E-state index in [0.717, 1.165) is 0 Å². The van der Waals surface area contributed by atoms with Crippen LogP contribution in [0.4, 0.5) is 5.69 Å². The zero-order chi connectivity index (χ0) is 11.1. The maximum atomic E-state index is 10.6. The van der Waals surface area contributed by atoms with Crippen LogP contribution in [0.25, 0.3) is 0 Å². The highest BCUT2D eigenvalue weighted by Gasteiger charge is 2.11. The van der Waals surface area contributed by atoms with Crippen molar-refractivity contribution in [3.05, 3.63) is 39.9 Å². The van der Waals surface area contributed by atoms with Crippen LogP contribution in [0, 0.1) is 10.1 Å². The van der Waals surface area contributed by atoms with E-state index in [9.17, 15) is 14.9 Å². The Labute approximate surface area is 86.8 Å². The predicted molar refractivity (Wildman–Crippen MR) is 53.1 cm³/mol. The van der Waals surface area contributed by atoms with Gasteiger partial charge in [-0.15, -0.1) is 0 Å². The molecule has 1 aromatic carbocycles. The standard InChI is InChI=1S/C10H10NO4/c12-8-15-7-3-5-9-4-1-2-6-10(9)11(13)14/h1-2,4,6H,3,5,7H2. The third-order valence-electron chi connectivity index (χ3n) is 1.94. The van der Waals surface area contributed by atoms with Crippen LogP contribution in [-0.2, 0) is 16.0 Å². The SMILES string of the molecule is O=[C]OCCCc1ccccc1[N+](=O)[O-]. The van der Waals surface area contributed by atoms with Crippen molar-refractivity contribution in [2.75, 3.05) is 6.61 Å². The first-order valence-electron chi connectivity index (χ1n) is 4.47. The number of ether oxygens (including phenoxy) is 1. The fourth-order valence-corrected chi connectivity index (χ4v) is 1.28. The Morgan fingerprint density at radius 2 is 2.13 bits per heavy atom. The Kier molecular flexibility index (Phi) is 4.28. The van der Waals surface area contributed by atoms with Crippen LogP contribution in [0.2, 0.25) is 0 Å². The fourth-order valence-electron chi connectivity index (χ4n) is 1.28. The van der Waals surface area contributed by atoms with Gasteiger partial charge in [0.05, 0.1) is 11.5 Å². The summed E-state index contributed by atoms with van der Waals surface area (Å²) in [7, 11) is 0. The summed E-state index contributed by atoms with van der Waals surface area (Å²) < 4.78 is 4.38. The molecule has 0 aromatic heterocycles. The molecule has 0 aliphatic rings. The van der Waals surface area contributed by atoms with Gasteiger partial charge in [-0.05, 0) is 12.8 Å². The monoisotopic (exact) mass is 208 g/mol. The zero-order valence-corrected chi connectivity index (χ0v) is 8.01. The zero-order valence-electron chi connectivity index (χ0n) is 8.01. The lowest BCUT2D eigenvalue weighted by Crippen LogP contribution is -1.98. The molecule has 1 rings (SSSR count). The smallest absolute Gasteiger partial charge is 0.417 e. The van der Waals surface area contributed by atoms with Crippen LogP contribution in [0.3, 0.4) is 0 Å². The van der Waals surface area contributed by atoms with E-state index >= 15 is 0 Å². The van der Waals surface area contributed by atoms with E-state index in [1.54, 1.807) is 18.2 Å². The highest BCUT2D eigenvalue weighted by molar-refractivity contribution is 5.40. The van der Waals surface area contributed by atoms with E-state index in [1.807, 2.05) is 0 Å².